The molecule has 112 valence electrons. The number of aryl methyl sites for hydroxylation is 2. The van der Waals surface area contributed by atoms with Gasteiger partial charge in [-0.1, -0.05) is 18.2 Å². The number of hydrogen-bond acceptors (Lipinski definition) is 1. The van der Waals surface area contributed by atoms with E-state index in [0.29, 0.717) is 12.2 Å². The monoisotopic (exact) mass is 282 g/mol. The smallest absolute Gasteiger partial charge is 0.143 e. The Morgan fingerprint density at radius 2 is 1.48 bits per heavy atom. The summed E-state index contributed by atoms with van der Waals surface area (Å²) in [6.07, 6.45) is 8.50. The number of ketones is 1. The van der Waals surface area contributed by atoms with Crippen LogP contribution in [0.3, 0.4) is 0 Å². The second-order valence-electron chi connectivity index (χ2n) is 8.17. The lowest BCUT2D eigenvalue weighted by Crippen LogP contribution is -2.50. The molecule has 4 saturated carbocycles. The molecule has 0 N–H and O–H groups in total. The lowest BCUT2D eigenvalue weighted by molar-refractivity contribution is -0.143. The molecule has 0 spiro atoms. The Labute approximate surface area is 128 Å². The minimum atomic E-state index is 0.0590. The van der Waals surface area contributed by atoms with E-state index in [2.05, 4.69) is 32.0 Å². The van der Waals surface area contributed by atoms with Crippen molar-refractivity contribution in [3.8, 4) is 0 Å². The Bertz CT molecular complexity index is 528. The summed E-state index contributed by atoms with van der Waals surface area (Å²) in [6.45, 7) is 4.30. The van der Waals surface area contributed by atoms with E-state index in [1.165, 1.54) is 55.2 Å². The molecule has 0 saturated heterocycles. The van der Waals surface area contributed by atoms with E-state index in [9.17, 15) is 4.79 Å². The van der Waals surface area contributed by atoms with E-state index in [-0.39, 0.29) is 5.41 Å². The highest BCUT2D eigenvalue weighted by molar-refractivity contribution is 5.87. The highest BCUT2D eigenvalue weighted by Crippen LogP contribution is 2.60. The van der Waals surface area contributed by atoms with Gasteiger partial charge in [0.1, 0.15) is 5.78 Å². The molecule has 0 amide bonds. The minimum Gasteiger partial charge on any atom is -0.299 e. The van der Waals surface area contributed by atoms with E-state index in [1.807, 2.05) is 0 Å². The first-order valence-corrected chi connectivity index (χ1v) is 8.64. The second-order valence-corrected chi connectivity index (χ2v) is 8.17. The molecule has 4 fully saturated rings. The summed E-state index contributed by atoms with van der Waals surface area (Å²) in [4.78, 5) is 13.2. The standard InChI is InChI=1S/C20H26O/c1-13-4-3-5-14(2)18(13)9-19(21)20-10-15-6-16(11-20)8-17(7-15)12-20/h3-5,15-17H,6-12H2,1-2H3. The third-order valence-electron chi connectivity index (χ3n) is 6.61. The van der Waals surface area contributed by atoms with Crippen LogP contribution in [-0.2, 0) is 11.2 Å². The molecule has 1 heteroatoms. The Hall–Kier alpha value is -1.11. The molecule has 4 aliphatic rings. The van der Waals surface area contributed by atoms with Gasteiger partial charge in [0.05, 0.1) is 0 Å². The van der Waals surface area contributed by atoms with Gasteiger partial charge in [0.25, 0.3) is 0 Å². The Morgan fingerprint density at radius 3 is 1.95 bits per heavy atom. The Morgan fingerprint density at radius 1 is 1.00 bits per heavy atom. The zero-order chi connectivity index (χ0) is 14.6. The van der Waals surface area contributed by atoms with Gasteiger partial charge in [-0.15, -0.1) is 0 Å². The van der Waals surface area contributed by atoms with Crippen molar-refractivity contribution in [1.29, 1.82) is 0 Å². The van der Waals surface area contributed by atoms with Gasteiger partial charge in [-0.05, 0) is 86.8 Å². The molecule has 0 unspecified atom stereocenters. The SMILES string of the molecule is Cc1cccc(C)c1CC(=O)C12CC3CC(CC(C3)C1)C2. The van der Waals surface area contributed by atoms with Crippen molar-refractivity contribution in [2.45, 2.75) is 58.8 Å². The summed E-state index contributed by atoms with van der Waals surface area (Å²) >= 11 is 0. The van der Waals surface area contributed by atoms with E-state index < -0.39 is 0 Å². The highest BCUT2D eigenvalue weighted by atomic mass is 16.1. The molecule has 4 aliphatic carbocycles. The van der Waals surface area contributed by atoms with Crippen LogP contribution in [0.2, 0.25) is 0 Å². The summed E-state index contributed by atoms with van der Waals surface area (Å²) in [5.41, 5.74) is 3.92. The molecule has 1 aromatic rings. The van der Waals surface area contributed by atoms with Crippen LogP contribution >= 0.6 is 0 Å². The van der Waals surface area contributed by atoms with Crippen LogP contribution in [-0.4, -0.2) is 5.78 Å². The summed E-state index contributed by atoms with van der Waals surface area (Å²) < 4.78 is 0. The van der Waals surface area contributed by atoms with Gasteiger partial charge in [0.15, 0.2) is 0 Å². The fourth-order valence-electron chi connectivity index (χ4n) is 5.93. The molecule has 0 aromatic heterocycles. The Kier molecular flexibility index (Phi) is 3.03. The average Bonchev–Trinajstić information content (AvgIpc) is 2.41. The molecular weight excluding hydrogens is 256 g/mol. The first-order chi connectivity index (χ1) is 10.1. The van der Waals surface area contributed by atoms with Crippen LogP contribution < -0.4 is 0 Å². The van der Waals surface area contributed by atoms with Crippen molar-refractivity contribution < 1.29 is 4.79 Å². The largest absolute Gasteiger partial charge is 0.299 e. The number of benzene rings is 1. The molecule has 0 heterocycles. The molecule has 1 nitrogen and oxygen atoms in total. The fourth-order valence-corrected chi connectivity index (χ4v) is 5.93. The number of rotatable bonds is 3. The molecule has 0 atom stereocenters. The van der Waals surface area contributed by atoms with Gasteiger partial charge < -0.3 is 0 Å². The van der Waals surface area contributed by atoms with Crippen molar-refractivity contribution in [2.75, 3.05) is 0 Å². The summed E-state index contributed by atoms with van der Waals surface area (Å²) in [6, 6.07) is 6.40. The second kappa shape index (κ2) is 4.69. The first-order valence-electron chi connectivity index (χ1n) is 8.64. The lowest BCUT2D eigenvalue weighted by Gasteiger charge is -2.56. The van der Waals surface area contributed by atoms with Crippen molar-refractivity contribution in [1.82, 2.24) is 0 Å². The van der Waals surface area contributed by atoms with Crippen molar-refractivity contribution in [3.05, 3.63) is 34.9 Å². The van der Waals surface area contributed by atoms with Gasteiger partial charge in [-0.3, -0.25) is 4.79 Å². The molecule has 0 aliphatic heterocycles. The summed E-state index contributed by atoms with van der Waals surface area (Å²) in [5.74, 6) is 3.13. The van der Waals surface area contributed by atoms with Crippen LogP contribution in [0, 0.1) is 37.0 Å². The number of Topliss-reactive ketones (excluding diaryl/α,β-unsaturated/α-hetero) is 1. The maximum atomic E-state index is 13.2. The minimum absolute atomic E-state index is 0.0590. The van der Waals surface area contributed by atoms with Crippen LogP contribution in [0.25, 0.3) is 0 Å². The van der Waals surface area contributed by atoms with E-state index in [4.69, 9.17) is 0 Å². The predicted octanol–water partition coefficient (Wildman–Crippen LogP) is 4.63. The van der Waals surface area contributed by atoms with E-state index in [1.54, 1.807) is 0 Å². The Balaban J connectivity index is 1.60. The van der Waals surface area contributed by atoms with Gasteiger partial charge in [0, 0.05) is 11.8 Å². The maximum absolute atomic E-state index is 13.2. The van der Waals surface area contributed by atoms with Crippen molar-refractivity contribution in [3.63, 3.8) is 0 Å². The van der Waals surface area contributed by atoms with Crippen molar-refractivity contribution in [2.24, 2.45) is 23.2 Å². The molecule has 5 rings (SSSR count). The maximum Gasteiger partial charge on any atom is 0.143 e. The molecule has 0 radical (unpaired) electrons. The third kappa shape index (κ3) is 2.17. The van der Waals surface area contributed by atoms with Gasteiger partial charge in [-0.2, -0.15) is 0 Å². The number of carbonyl (C=O) groups excluding carboxylic acids is 1. The fraction of sp³-hybridized carbons (Fsp3) is 0.650. The van der Waals surface area contributed by atoms with Crippen LogP contribution in [0.4, 0.5) is 0 Å². The van der Waals surface area contributed by atoms with Crippen molar-refractivity contribution >= 4 is 5.78 Å². The zero-order valence-electron chi connectivity index (χ0n) is 13.3. The van der Waals surface area contributed by atoms with Crippen LogP contribution in [0.15, 0.2) is 18.2 Å². The average molecular weight is 282 g/mol. The normalized spacial score (nSPS) is 37.0. The van der Waals surface area contributed by atoms with Gasteiger partial charge in [0.2, 0.25) is 0 Å². The highest BCUT2D eigenvalue weighted by Gasteiger charge is 2.54. The molecule has 21 heavy (non-hydrogen) atoms. The lowest BCUT2D eigenvalue weighted by atomic mass is 9.48. The van der Waals surface area contributed by atoms with Crippen LogP contribution in [0.1, 0.15) is 55.2 Å². The molecule has 1 aromatic carbocycles. The number of carbonyl (C=O) groups is 1. The van der Waals surface area contributed by atoms with Gasteiger partial charge in [-0.25, -0.2) is 0 Å². The van der Waals surface area contributed by atoms with E-state index in [0.717, 1.165) is 17.8 Å². The topological polar surface area (TPSA) is 17.1 Å². The molecule has 4 bridgehead atoms. The predicted molar refractivity (Wildman–Crippen MR) is 85.2 cm³/mol. The summed E-state index contributed by atoms with van der Waals surface area (Å²) in [5, 5.41) is 0. The van der Waals surface area contributed by atoms with E-state index >= 15 is 0 Å². The third-order valence-corrected chi connectivity index (χ3v) is 6.61. The number of hydrogen-bond donors (Lipinski definition) is 0. The van der Waals surface area contributed by atoms with Crippen LogP contribution in [0.5, 0.6) is 0 Å². The summed E-state index contributed by atoms with van der Waals surface area (Å²) in [7, 11) is 0. The first kappa shape index (κ1) is 13.5. The quantitative estimate of drug-likeness (QED) is 0.790. The molecular formula is C20H26O. The van der Waals surface area contributed by atoms with Gasteiger partial charge >= 0.3 is 0 Å². The zero-order valence-corrected chi connectivity index (χ0v) is 13.3.